The van der Waals surface area contributed by atoms with E-state index in [2.05, 4.69) is 10.6 Å². The highest BCUT2D eigenvalue weighted by molar-refractivity contribution is 6.03. The Kier molecular flexibility index (Phi) is 4.73. The molecule has 0 aliphatic carbocycles. The number of ether oxygens (including phenoxy) is 1. The molecule has 1 aliphatic rings. The van der Waals surface area contributed by atoms with Gasteiger partial charge in [0.15, 0.2) is 5.76 Å². The Balaban J connectivity index is 1.60. The number of benzene rings is 1. The molecule has 0 bridgehead atoms. The van der Waals surface area contributed by atoms with Gasteiger partial charge in [-0.15, -0.1) is 0 Å². The molecule has 1 aromatic carbocycles. The molecule has 1 aromatic heterocycles. The van der Waals surface area contributed by atoms with Gasteiger partial charge in [-0.05, 0) is 49.7 Å². The van der Waals surface area contributed by atoms with Crippen molar-refractivity contribution < 1.29 is 18.7 Å². The van der Waals surface area contributed by atoms with E-state index in [0.717, 1.165) is 19.4 Å². The first kappa shape index (κ1) is 15.3. The summed E-state index contributed by atoms with van der Waals surface area (Å²) in [6.45, 7) is 1.33. The molecule has 0 saturated carbocycles. The van der Waals surface area contributed by atoms with E-state index in [-0.39, 0.29) is 17.7 Å². The van der Waals surface area contributed by atoms with Crippen LogP contribution in [0, 0.1) is 0 Å². The summed E-state index contributed by atoms with van der Waals surface area (Å²) in [5, 5.41) is 5.96. The van der Waals surface area contributed by atoms with Crippen LogP contribution in [-0.4, -0.2) is 31.1 Å². The third-order valence-electron chi connectivity index (χ3n) is 3.68. The topological polar surface area (TPSA) is 80.6 Å². The molecule has 23 heavy (non-hydrogen) atoms. The molecule has 0 spiro atoms. The van der Waals surface area contributed by atoms with E-state index < -0.39 is 5.97 Å². The van der Waals surface area contributed by atoms with Crippen molar-refractivity contribution in [1.82, 2.24) is 5.32 Å². The Morgan fingerprint density at radius 3 is 2.96 bits per heavy atom. The molecule has 6 heteroatoms. The van der Waals surface area contributed by atoms with Crippen molar-refractivity contribution in [2.24, 2.45) is 0 Å². The molecule has 1 amide bonds. The summed E-state index contributed by atoms with van der Waals surface area (Å²) < 4.78 is 10.3. The lowest BCUT2D eigenvalue weighted by Gasteiger charge is -2.11. The van der Waals surface area contributed by atoms with Gasteiger partial charge in [0, 0.05) is 11.7 Å². The molecular weight excluding hydrogens is 296 g/mol. The van der Waals surface area contributed by atoms with Crippen LogP contribution in [-0.2, 0) is 4.74 Å². The van der Waals surface area contributed by atoms with E-state index in [1.165, 1.54) is 6.26 Å². The van der Waals surface area contributed by atoms with Gasteiger partial charge in [-0.3, -0.25) is 4.79 Å². The zero-order valence-electron chi connectivity index (χ0n) is 12.6. The van der Waals surface area contributed by atoms with Crippen LogP contribution in [0.4, 0.5) is 5.69 Å². The Bertz CT molecular complexity index is 676. The number of furan rings is 1. The van der Waals surface area contributed by atoms with Gasteiger partial charge in [-0.25, -0.2) is 4.79 Å². The van der Waals surface area contributed by atoms with Crippen molar-refractivity contribution in [3.63, 3.8) is 0 Å². The summed E-state index contributed by atoms with van der Waals surface area (Å²) in [4.78, 5) is 24.0. The van der Waals surface area contributed by atoms with Crippen molar-refractivity contribution in [3.8, 4) is 0 Å². The Morgan fingerprint density at radius 2 is 2.22 bits per heavy atom. The molecule has 2 N–H and O–H groups in total. The molecular formula is C17H18N2O4. The monoisotopic (exact) mass is 314 g/mol. The zero-order valence-corrected chi connectivity index (χ0v) is 12.6. The molecule has 2 aromatic rings. The fraction of sp³-hybridized carbons (Fsp3) is 0.294. The Morgan fingerprint density at radius 1 is 1.30 bits per heavy atom. The van der Waals surface area contributed by atoms with E-state index in [9.17, 15) is 9.59 Å². The van der Waals surface area contributed by atoms with Crippen LogP contribution in [0.5, 0.6) is 0 Å². The van der Waals surface area contributed by atoms with E-state index in [4.69, 9.17) is 9.15 Å². The van der Waals surface area contributed by atoms with Crippen LogP contribution in [0.1, 0.15) is 33.8 Å². The average molecular weight is 314 g/mol. The third kappa shape index (κ3) is 3.98. The van der Waals surface area contributed by atoms with Crippen molar-refractivity contribution in [1.29, 1.82) is 0 Å². The highest BCUT2D eigenvalue weighted by Crippen LogP contribution is 2.14. The van der Waals surface area contributed by atoms with Crippen molar-refractivity contribution in [2.45, 2.75) is 18.9 Å². The predicted molar refractivity (Wildman–Crippen MR) is 84.4 cm³/mol. The minimum Gasteiger partial charge on any atom is -0.460 e. The fourth-order valence-electron chi connectivity index (χ4n) is 2.48. The lowest BCUT2D eigenvalue weighted by molar-refractivity contribution is 0.0473. The molecule has 1 saturated heterocycles. The standard InChI is InChI=1S/C17H18N2O4/c20-16(15-7-3-9-22-15)19-13-5-1-4-12(10-13)17(21)23-11-14-6-2-8-18-14/h1,3-5,7,9-10,14,18H,2,6,8,11H2,(H,19,20)/t14-/m1/s1. The minimum atomic E-state index is -0.396. The molecule has 2 heterocycles. The second-order valence-electron chi connectivity index (χ2n) is 5.40. The number of amides is 1. The summed E-state index contributed by atoms with van der Waals surface area (Å²) in [6, 6.07) is 10.1. The quantitative estimate of drug-likeness (QED) is 0.829. The second kappa shape index (κ2) is 7.11. The smallest absolute Gasteiger partial charge is 0.338 e. The Hall–Kier alpha value is -2.60. The van der Waals surface area contributed by atoms with E-state index in [0.29, 0.717) is 17.9 Å². The van der Waals surface area contributed by atoms with E-state index in [1.807, 2.05) is 0 Å². The number of carbonyl (C=O) groups excluding carboxylic acids is 2. The third-order valence-corrected chi connectivity index (χ3v) is 3.68. The van der Waals surface area contributed by atoms with Crippen molar-refractivity contribution >= 4 is 17.6 Å². The number of hydrogen-bond donors (Lipinski definition) is 2. The van der Waals surface area contributed by atoms with Gasteiger partial charge >= 0.3 is 5.97 Å². The number of carbonyl (C=O) groups is 2. The number of anilines is 1. The van der Waals surface area contributed by atoms with Crippen LogP contribution in [0.3, 0.4) is 0 Å². The van der Waals surface area contributed by atoms with Crippen molar-refractivity contribution in [3.05, 3.63) is 54.0 Å². The normalized spacial score (nSPS) is 17.0. The van der Waals surface area contributed by atoms with Gasteiger partial charge in [0.2, 0.25) is 0 Å². The number of hydrogen-bond acceptors (Lipinski definition) is 5. The van der Waals surface area contributed by atoms with Gasteiger partial charge in [-0.1, -0.05) is 6.07 Å². The largest absolute Gasteiger partial charge is 0.460 e. The molecule has 1 atom stereocenters. The first-order valence-electron chi connectivity index (χ1n) is 7.58. The van der Waals surface area contributed by atoms with Gasteiger partial charge in [0.1, 0.15) is 6.61 Å². The second-order valence-corrected chi connectivity index (χ2v) is 5.40. The Labute approximate surface area is 133 Å². The summed E-state index contributed by atoms with van der Waals surface area (Å²) in [6.07, 6.45) is 3.56. The molecule has 1 aliphatic heterocycles. The summed E-state index contributed by atoms with van der Waals surface area (Å²) >= 11 is 0. The SMILES string of the molecule is O=C(OC[C@H]1CCCN1)c1cccc(NC(=O)c2ccco2)c1. The fourth-order valence-corrected chi connectivity index (χ4v) is 2.48. The molecule has 6 nitrogen and oxygen atoms in total. The molecule has 0 radical (unpaired) electrons. The van der Waals surface area contributed by atoms with E-state index >= 15 is 0 Å². The van der Waals surface area contributed by atoms with Crippen LogP contribution in [0.2, 0.25) is 0 Å². The molecule has 3 rings (SSSR count). The van der Waals surface area contributed by atoms with Gasteiger partial charge in [0.05, 0.1) is 11.8 Å². The van der Waals surface area contributed by atoms with Gasteiger partial charge < -0.3 is 19.8 Å². The first-order chi connectivity index (χ1) is 11.2. The summed E-state index contributed by atoms with van der Waals surface area (Å²) in [5.74, 6) is -0.547. The highest BCUT2D eigenvalue weighted by Gasteiger charge is 2.17. The molecule has 1 fully saturated rings. The maximum atomic E-state index is 12.1. The first-order valence-corrected chi connectivity index (χ1v) is 7.58. The average Bonchev–Trinajstić information content (AvgIpc) is 3.26. The molecule has 120 valence electrons. The lowest BCUT2D eigenvalue weighted by Crippen LogP contribution is -2.28. The van der Waals surface area contributed by atoms with Crippen LogP contribution in [0.25, 0.3) is 0 Å². The van der Waals surface area contributed by atoms with Gasteiger partial charge in [-0.2, -0.15) is 0 Å². The van der Waals surface area contributed by atoms with Crippen LogP contribution < -0.4 is 10.6 Å². The predicted octanol–water partition coefficient (Wildman–Crippen LogP) is 2.44. The number of nitrogens with one attached hydrogen (secondary N) is 2. The zero-order chi connectivity index (χ0) is 16.1. The minimum absolute atomic E-state index is 0.213. The maximum absolute atomic E-state index is 12.1. The maximum Gasteiger partial charge on any atom is 0.338 e. The lowest BCUT2D eigenvalue weighted by atomic mass is 10.2. The van der Waals surface area contributed by atoms with Crippen molar-refractivity contribution in [2.75, 3.05) is 18.5 Å². The van der Waals surface area contributed by atoms with Gasteiger partial charge in [0.25, 0.3) is 5.91 Å². The number of esters is 1. The van der Waals surface area contributed by atoms with E-state index in [1.54, 1.807) is 36.4 Å². The summed E-state index contributed by atoms with van der Waals surface area (Å²) in [5.41, 5.74) is 0.917. The molecule has 0 unspecified atom stereocenters. The number of rotatable bonds is 5. The highest BCUT2D eigenvalue weighted by atomic mass is 16.5. The summed E-state index contributed by atoms with van der Waals surface area (Å²) in [7, 11) is 0. The van der Waals surface area contributed by atoms with Crippen LogP contribution >= 0.6 is 0 Å². The van der Waals surface area contributed by atoms with Crippen LogP contribution in [0.15, 0.2) is 47.1 Å².